The summed E-state index contributed by atoms with van der Waals surface area (Å²) in [6.45, 7) is 10.6. The van der Waals surface area contributed by atoms with Crippen molar-refractivity contribution < 1.29 is 4.39 Å². The Hall–Kier alpha value is -0.640. The molecule has 114 valence electrons. The van der Waals surface area contributed by atoms with Crippen molar-refractivity contribution in [1.82, 2.24) is 10.2 Å². The Morgan fingerprint density at radius 1 is 1.25 bits per heavy atom. The molecule has 1 heterocycles. The molecule has 0 aliphatic carbocycles. The largest absolute Gasteiger partial charge is 0.314 e. The van der Waals surface area contributed by atoms with Gasteiger partial charge in [-0.05, 0) is 36.5 Å². The van der Waals surface area contributed by atoms with Crippen molar-refractivity contribution in [3.8, 4) is 0 Å². The molecule has 1 N–H and O–H groups in total. The third-order valence-corrected chi connectivity index (χ3v) is 3.85. The second kappa shape index (κ2) is 7.96. The van der Waals surface area contributed by atoms with Gasteiger partial charge in [-0.15, -0.1) is 12.4 Å². The fourth-order valence-electron chi connectivity index (χ4n) is 2.81. The molecule has 0 aromatic heterocycles. The molecule has 1 fully saturated rings. The molecule has 0 radical (unpaired) electrons. The summed E-state index contributed by atoms with van der Waals surface area (Å²) in [4.78, 5) is 2.53. The minimum atomic E-state index is -0.104. The molecule has 0 amide bonds. The molecule has 1 atom stereocenters. The summed E-state index contributed by atoms with van der Waals surface area (Å²) >= 11 is 0. The fraction of sp³-hybridized carbons (Fsp3) is 0.625. The maximum atomic E-state index is 13.4. The highest BCUT2D eigenvalue weighted by Crippen LogP contribution is 2.29. The van der Waals surface area contributed by atoms with Crippen LogP contribution in [0.4, 0.5) is 4.39 Å². The van der Waals surface area contributed by atoms with Crippen LogP contribution in [0, 0.1) is 18.7 Å². The van der Waals surface area contributed by atoms with Crippen LogP contribution in [0.5, 0.6) is 0 Å². The topological polar surface area (TPSA) is 15.3 Å². The molecule has 4 heteroatoms. The summed E-state index contributed by atoms with van der Waals surface area (Å²) in [5.74, 6) is 0.539. The fourth-order valence-corrected chi connectivity index (χ4v) is 2.81. The number of piperazine rings is 1. The Bertz CT molecular complexity index is 417. The maximum Gasteiger partial charge on any atom is 0.126 e. The molecule has 1 aliphatic heterocycles. The molecule has 1 aromatic rings. The summed E-state index contributed by atoms with van der Waals surface area (Å²) in [6, 6.07) is 6.00. The van der Waals surface area contributed by atoms with E-state index >= 15 is 0 Å². The summed E-state index contributed by atoms with van der Waals surface area (Å²) in [7, 11) is 0. The van der Waals surface area contributed by atoms with Crippen molar-refractivity contribution in [1.29, 1.82) is 0 Å². The van der Waals surface area contributed by atoms with E-state index in [0.29, 0.717) is 12.0 Å². The highest BCUT2D eigenvalue weighted by Gasteiger charge is 2.23. The first kappa shape index (κ1) is 17.4. The molecule has 0 spiro atoms. The van der Waals surface area contributed by atoms with Gasteiger partial charge in [0, 0.05) is 32.2 Å². The molecular formula is C16H26ClFN2. The third kappa shape index (κ3) is 4.44. The van der Waals surface area contributed by atoms with Gasteiger partial charge in [0.15, 0.2) is 0 Å². The van der Waals surface area contributed by atoms with Crippen molar-refractivity contribution >= 4 is 12.4 Å². The zero-order valence-electron chi connectivity index (χ0n) is 12.7. The molecule has 0 bridgehead atoms. The average molecular weight is 301 g/mol. The van der Waals surface area contributed by atoms with Gasteiger partial charge in [0.05, 0.1) is 0 Å². The summed E-state index contributed by atoms with van der Waals surface area (Å²) in [5.41, 5.74) is 2.01. The predicted octanol–water partition coefficient (Wildman–Crippen LogP) is 3.55. The Morgan fingerprint density at radius 2 is 1.90 bits per heavy atom. The van der Waals surface area contributed by atoms with Crippen molar-refractivity contribution in [2.75, 3.05) is 26.2 Å². The van der Waals surface area contributed by atoms with Crippen LogP contribution in [0.3, 0.4) is 0 Å². The monoisotopic (exact) mass is 300 g/mol. The molecule has 1 saturated heterocycles. The van der Waals surface area contributed by atoms with Gasteiger partial charge in [0.25, 0.3) is 0 Å². The molecule has 0 saturated carbocycles. The minimum absolute atomic E-state index is 0. The van der Waals surface area contributed by atoms with Gasteiger partial charge in [-0.25, -0.2) is 4.39 Å². The third-order valence-electron chi connectivity index (χ3n) is 3.85. The molecular weight excluding hydrogens is 275 g/mol. The molecule has 1 aliphatic rings. The molecule has 1 aromatic carbocycles. The van der Waals surface area contributed by atoms with Gasteiger partial charge in [-0.1, -0.05) is 26.0 Å². The Labute approximate surface area is 128 Å². The Kier molecular flexibility index (Phi) is 6.93. The summed E-state index contributed by atoms with van der Waals surface area (Å²) in [6.07, 6.45) is 1.13. The number of aryl methyl sites for hydroxylation is 1. The van der Waals surface area contributed by atoms with E-state index in [-0.39, 0.29) is 18.2 Å². The van der Waals surface area contributed by atoms with Crippen molar-refractivity contribution in [3.05, 3.63) is 35.1 Å². The summed E-state index contributed by atoms with van der Waals surface area (Å²) in [5, 5.41) is 3.39. The van der Waals surface area contributed by atoms with Crippen LogP contribution < -0.4 is 5.32 Å². The van der Waals surface area contributed by atoms with Gasteiger partial charge < -0.3 is 5.32 Å². The highest BCUT2D eigenvalue weighted by atomic mass is 35.5. The lowest BCUT2D eigenvalue weighted by Crippen LogP contribution is -2.45. The van der Waals surface area contributed by atoms with Gasteiger partial charge in [0.2, 0.25) is 0 Å². The first-order valence-corrected chi connectivity index (χ1v) is 7.28. The van der Waals surface area contributed by atoms with Crippen LogP contribution in [0.1, 0.15) is 37.4 Å². The van der Waals surface area contributed by atoms with E-state index in [1.54, 1.807) is 6.07 Å². The van der Waals surface area contributed by atoms with Gasteiger partial charge in [-0.2, -0.15) is 0 Å². The van der Waals surface area contributed by atoms with Gasteiger partial charge in [-0.3, -0.25) is 4.90 Å². The number of nitrogens with one attached hydrogen (secondary N) is 1. The number of hydrogen-bond donors (Lipinski definition) is 1. The molecule has 20 heavy (non-hydrogen) atoms. The van der Waals surface area contributed by atoms with Crippen molar-refractivity contribution in [2.45, 2.75) is 33.2 Å². The van der Waals surface area contributed by atoms with E-state index in [4.69, 9.17) is 0 Å². The van der Waals surface area contributed by atoms with E-state index in [1.807, 2.05) is 19.1 Å². The number of benzene rings is 1. The number of rotatable bonds is 4. The van der Waals surface area contributed by atoms with Crippen LogP contribution >= 0.6 is 12.4 Å². The van der Waals surface area contributed by atoms with Crippen LogP contribution in [-0.2, 0) is 0 Å². The number of hydrogen-bond acceptors (Lipinski definition) is 2. The van der Waals surface area contributed by atoms with Gasteiger partial charge in [0.1, 0.15) is 5.82 Å². The first-order valence-electron chi connectivity index (χ1n) is 7.28. The quantitative estimate of drug-likeness (QED) is 0.915. The molecule has 2 rings (SSSR count). The van der Waals surface area contributed by atoms with E-state index in [2.05, 4.69) is 24.1 Å². The normalized spacial score (nSPS) is 17.9. The van der Waals surface area contributed by atoms with E-state index in [0.717, 1.165) is 38.2 Å². The van der Waals surface area contributed by atoms with Gasteiger partial charge >= 0.3 is 0 Å². The SMILES string of the molecule is Cc1cc([C@H](CC(C)C)N2CCNCC2)ccc1F.Cl. The van der Waals surface area contributed by atoms with E-state index < -0.39 is 0 Å². The Morgan fingerprint density at radius 3 is 2.45 bits per heavy atom. The maximum absolute atomic E-state index is 13.4. The van der Waals surface area contributed by atoms with Crippen LogP contribution in [0.25, 0.3) is 0 Å². The summed E-state index contributed by atoms with van der Waals surface area (Å²) < 4.78 is 13.4. The first-order chi connectivity index (χ1) is 9.08. The second-order valence-electron chi connectivity index (χ2n) is 5.94. The van der Waals surface area contributed by atoms with E-state index in [1.165, 1.54) is 5.56 Å². The highest BCUT2D eigenvalue weighted by molar-refractivity contribution is 5.85. The molecule has 2 nitrogen and oxygen atoms in total. The smallest absolute Gasteiger partial charge is 0.126 e. The van der Waals surface area contributed by atoms with Crippen molar-refractivity contribution in [2.24, 2.45) is 5.92 Å². The predicted molar refractivity (Wildman–Crippen MR) is 85.0 cm³/mol. The Balaban J connectivity index is 0.00000200. The standard InChI is InChI=1S/C16H25FN2.ClH/c1-12(2)10-16(19-8-6-18-7-9-19)14-4-5-15(17)13(3)11-14;/h4-5,11-12,16,18H,6-10H2,1-3H3;1H/t16-;/m0./s1. The minimum Gasteiger partial charge on any atom is -0.314 e. The average Bonchev–Trinajstić information content (AvgIpc) is 2.40. The number of nitrogens with zero attached hydrogens (tertiary/aromatic N) is 1. The van der Waals surface area contributed by atoms with Crippen LogP contribution in [-0.4, -0.2) is 31.1 Å². The lowest BCUT2D eigenvalue weighted by atomic mass is 9.94. The second-order valence-corrected chi connectivity index (χ2v) is 5.94. The van der Waals surface area contributed by atoms with Crippen LogP contribution in [0.15, 0.2) is 18.2 Å². The zero-order chi connectivity index (χ0) is 13.8. The zero-order valence-corrected chi connectivity index (χ0v) is 13.5. The molecule has 0 unspecified atom stereocenters. The van der Waals surface area contributed by atoms with Crippen LogP contribution in [0.2, 0.25) is 0 Å². The lowest BCUT2D eigenvalue weighted by Gasteiger charge is -2.36. The number of halogens is 2. The van der Waals surface area contributed by atoms with Crippen molar-refractivity contribution in [3.63, 3.8) is 0 Å². The van der Waals surface area contributed by atoms with E-state index in [9.17, 15) is 4.39 Å². The lowest BCUT2D eigenvalue weighted by molar-refractivity contribution is 0.154.